The van der Waals surface area contributed by atoms with E-state index in [1.807, 2.05) is 19.1 Å². The molecule has 0 amide bonds. The third-order valence-electron chi connectivity index (χ3n) is 2.68. The summed E-state index contributed by atoms with van der Waals surface area (Å²) in [5.41, 5.74) is 3.60. The molecule has 0 spiro atoms. The average molecular weight is 203 g/mol. The van der Waals surface area contributed by atoms with Crippen LogP contribution in [0, 0.1) is 0 Å². The summed E-state index contributed by atoms with van der Waals surface area (Å²) < 4.78 is 0. The highest BCUT2D eigenvalue weighted by Gasteiger charge is 2.21. The molecule has 2 rings (SSSR count). The second-order valence-corrected chi connectivity index (χ2v) is 4.32. The molecule has 0 bridgehead atoms. The molecule has 2 heteroatoms. The van der Waals surface area contributed by atoms with Crippen LogP contribution in [0.1, 0.15) is 12.5 Å². The zero-order valence-electron chi connectivity index (χ0n) is 9.11. The molecule has 1 atom stereocenters. The van der Waals surface area contributed by atoms with E-state index in [0.29, 0.717) is 6.54 Å². The fourth-order valence-electron chi connectivity index (χ4n) is 2.14. The maximum Gasteiger partial charge on any atom is 0.0756 e. The number of aliphatic hydroxyl groups is 1. The van der Waals surface area contributed by atoms with E-state index >= 15 is 0 Å². The minimum absolute atomic E-state index is 0.251. The summed E-state index contributed by atoms with van der Waals surface area (Å²) >= 11 is 0. The van der Waals surface area contributed by atoms with E-state index in [0.717, 1.165) is 18.5 Å². The molecule has 1 aromatic rings. The Bertz CT molecular complexity index is 373. The molecule has 1 N–H and O–H groups in total. The molecule has 1 unspecified atom stereocenters. The SMILES string of the molecule is C=C(C)CN1CC(O)Cc2ccccc21. The Hall–Kier alpha value is -1.28. The monoisotopic (exact) mass is 203 g/mol. The Morgan fingerprint density at radius 3 is 3.00 bits per heavy atom. The van der Waals surface area contributed by atoms with Crippen molar-refractivity contribution in [3.05, 3.63) is 42.0 Å². The standard InChI is InChI=1S/C13H17NO/c1-10(2)8-14-9-12(15)7-11-5-3-4-6-13(11)14/h3-6,12,15H,1,7-9H2,2H3. The number of hydrogen-bond donors (Lipinski definition) is 1. The van der Waals surface area contributed by atoms with Crippen LogP contribution in [0.4, 0.5) is 5.69 Å². The first-order valence-corrected chi connectivity index (χ1v) is 5.32. The van der Waals surface area contributed by atoms with Gasteiger partial charge < -0.3 is 10.0 Å². The van der Waals surface area contributed by atoms with E-state index in [1.54, 1.807) is 0 Å². The van der Waals surface area contributed by atoms with Gasteiger partial charge in [0.05, 0.1) is 6.10 Å². The second-order valence-electron chi connectivity index (χ2n) is 4.32. The van der Waals surface area contributed by atoms with Gasteiger partial charge in [0.25, 0.3) is 0 Å². The Balaban J connectivity index is 2.29. The first-order chi connectivity index (χ1) is 7.16. The normalized spacial score (nSPS) is 19.9. The van der Waals surface area contributed by atoms with Crippen LogP contribution < -0.4 is 4.90 Å². The van der Waals surface area contributed by atoms with E-state index in [1.165, 1.54) is 11.3 Å². The lowest BCUT2D eigenvalue weighted by atomic mass is 9.99. The average Bonchev–Trinajstić information content (AvgIpc) is 2.16. The number of β-amino-alcohol motifs (C(OH)–C–C–N with tert-alkyl or cyclic N) is 1. The molecule has 0 saturated heterocycles. The van der Waals surface area contributed by atoms with Gasteiger partial charge in [-0.1, -0.05) is 30.4 Å². The summed E-state index contributed by atoms with van der Waals surface area (Å²) in [5, 5.41) is 9.77. The van der Waals surface area contributed by atoms with Gasteiger partial charge in [0.15, 0.2) is 0 Å². The third kappa shape index (κ3) is 2.21. The highest BCUT2D eigenvalue weighted by molar-refractivity contribution is 5.56. The minimum atomic E-state index is -0.251. The zero-order valence-corrected chi connectivity index (χ0v) is 9.11. The number of rotatable bonds is 2. The molecule has 0 aromatic heterocycles. The van der Waals surface area contributed by atoms with Gasteiger partial charge in [-0.2, -0.15) is 0 Å². The summed E-state index contributed by atoms with van der Waals surface area (Å²) in [6, 6.07) is 8.27. The topological polar surface area (TPSA) is 23.5 Å². The Morgan fingerprint density at radius 1 is 1.53 bits per heavy atom. The molecular weight excluding hydrogens is 186 g/mol. The highest BCUT2D eigenvalue weighted by atomic mass is 16.3. The van der Waals surface area contributed by atoms with Crippen molar-refractivity contribution in [2.24, 2.45) is 0 Å². The van der Waals surface area contributed by atoms with Gasteiger partial charge >= 0.3 is 0 Å². The lowest BCUT2D eigenvalue weighted by molar-refractivity contribution is 0.176. The quantitative estimate of drug-likeness (QED) is 0.743. The smallest absolute Gasteiger partial charge is 0.0756 e. The molecule has 0 aliphatic carbocycles. The van der Waals surface area contributed by atoms with Crippen molar-refractivity contribution in [2.45, 2.75) is 19.4 Å². The third-order valence-corrected chi connectivity index (χ3v) is 2.68. The molecule has 0 radical (unpaired) electrons. The predicted octanol–water partition coefficient (Wildman–Crippen LogP) is 1.99. The van der Waals surface area contributed by atoms with E-state index in [2.05, 4.69) is 23.6 Å². The van der Waals surface area contributed by atoms with Crippen LogP contribution in [-0.2, 0) is 6.42 Å². The number of para-hydroxylation sites is 1. The van der Waals surface area contributed by atoms with E-state index in [9.17, 15) is 5.11 Å². The Morgan fingerprint density at radius 2 is 2.27 bits per heavy atom. The largest absolute Gasteiger partial charge is 0.391 e. The van der Waals surface area contributed by atoms with Crippen molar-refractivity contribution in [3.8, 4) is 0 Å². The molecule has 1 aliphatic rings. The van der Waals surface area contributed by atoms with Gasteiger partial charge in [-0.3, -0.25) is 0 Å². The van der Waals surface area contributed by atoms with Gasteiger partial charge in [0.2, 0.25) is 0 Å². The van der Waals surface area contributed by atoms with Gasteiger partial charge in [-0.25, -0.2) is 0 Å². The van der Waals surface area contributed by atoms with Crippen molar-refractivity contribution < 1.29 is 5.11 Å². The number of aliphatic hydroxyl groups excluding tert-OH is 1. The van der Waals surface area contributed by atoms with Crippen LogP contribution >= 0.6 is 0 Å². The number of fused-ring (bicyclic) bond motifs is 1. The van der Waals surface area contributed by atoms with Crippen molar-refractivity contribution in [2.75, 3.05) is 18.0 Å². The van der Waals surface area contributed by atoms with E-state index in [4.69, 9.17) is 0 Å². The second kappa shape index (κ2) is 4.07. The molecule has 1 aliphatic heterocycles. The van der Waals surface area contributed by atoms with Gasteiger partial charge in [-0.05, 0) is 18.6 Å². The molecule has 0 fully saturated rings. The Labute approximate surface area is 90.8 Å². The molecule has 1 aromatic carbocycles. The van der Waals surface area contributed by atoms with Crippen LogP contribution in [0.25, 0.3) is 0 Å². The summed E-state index contributed by atoms with van der Waals surface area (Å²) in [4.78, 5) is 2.20. The van der Waals surface area contributed by atoms with Crippen LogP contribution in [-0.4, -0.2) is 24.3 Å². The lowest BCUT2D eigenvalue weighted by Gasteiger charge is -2.34. The van der Waals surface area contributed by atoms with Gasteiger partial charge in [-0.15, -0.1) is 0 Å². The van der Waals surface area contributed by atoms with Crippen molar-refractivity contribution in [3.63, 3.8) is 0 Å². The van der Waals surface area contributed by atoms with Crippen molar-refractivity contribution >= 4 is 5.69 Å². The molecule has 1 heterocycles. The minimum Gasteiger partial charge on any atom is -0.391 e. The fraction of sp³-hybridized carbons (Fsp3) is 0.385. The summed E-state index contributed by atoms with van der Waals surface area (Å²) in [7, 11) is 0. The molecule has 15 heavy (non-hydrogen) atoms. The molecular formula is C13H17NO. The maximum atomic E-state index is 9.77. The number of hydrogen-bond acceptors (Lipinski definition) is 2. The first-order valence-electron chi connectivity index (χ1n) is 5.32. The summed E-state index contributed by atoms with van der Waals surface area (Å²) in [6.45, 7) is 7.48. The van der Waals surface area contributed by atoms with Gasteiger partial charge in [0, 0.05) is 25.2 Å². The number of nitrogens with zero attached hydrogens (tertiary/aromatic N) is 1. The first kappa shape index (κ1) is 10.2. The molecule has 2 nitrogen and oxygen atoms in total. The predicted molar refractivity (Wildman–Crippen MR) is 63.2 cm³/mol. The van der Waals surface area contributed by atoms with Crippen molar-refractivity contribution in [1.29, 1.82) is 0 Å². The van der Waals surface area contributed by atoms with Crippen LogP contribution in [0.2, 0.25) is 0 Å². The van der Waals surface area contributed by atoms with E-state index in [-0.39, 0.29) is 6.10 Å². The zero-order chi connectivity index (χ0) is 10.8. The summed E-state index contributed by atoms with van der Waals surface area (Å²) in [6.07, 6.45) is 0.516. The lowest BCUT2D eigenvalue weighted by Crippen LogP contribution is -2.39. The van der Waals surface area contributed by atoms with Crippen molar-refractivity contribution in [1.82, 2.24) is 0 Å². The molecule has 0 saturated carbocycles. The Kier molecular flexibility index (Phi) is 2.78. The number of anilines is 1. The number of benzene rings is 1. The van der Waals surface area contributed by atoms with Crippen LogP contribution in [0.3, 0.4) is 0 Å². The molecule has 80 valence electrons. The van der Waals surface area contributed by atoms with E-state index < -0.39 is 0 Å². The fourth-order valence-corrected chi connectivity index (χ4v) is 2.14. The van der Waals surface area contributed by atoms with Crippen LogP contribution in [0.5, 0.6) is 0 Å². The summed E-state index contributed by atoms with van der Waals surface area (Å²) in [5.74, 6) is 0. The maximum absolute atomic E-state index is 9.77. The van der Waals surface area contributed by atoms with Crippen LogP contribution in [0.15, 0.2) is 36.4 Å². The highest BCUT2D eigenvalue weighted by Crippen LogP contribution is 2.27. The van der Waals surface area contributed by atoms with Gasteiger partial charge in [0.1, 0.15) is 0 Å².